The molecule has 0 fully saturated rings. The van der Waals surface area contributed by atoms with Crippen molar-refractivity contribution in [2.75, 3.05) is 11.9 Å². The molecule has 0 bridgehead atoms. The smallest absolute Gasteiger partial charge is 0.354 e. The zero-order valence-electron chi connectivity index (χ0n) is 15.8. The third kappa shape index (κ3) is 3.53. The summed E-state index contributed by atoms with van der Waals surface area (Å²) >= 11 is 0. The molecule has 2 aromatic heterocycles. The number of rotatable bonds is 6. The molecule has 0 saturated heterocycles. The number of carbonyl (C=O) groups excluding carboxylic acids is 1. The second kappa shape index (κ2) is 7.95. The number of nitro groups is 1. The monoisotopic (exact) mass is 404 g/mol. The lowest BCUT2D eigenvalue weighted by molar-refractivity contribution is -0.384. The number of para-hydroxylation sites is 2. The number of imidazole rings is 1. The van der Waals surface area contributed by atoms with E-state index in [4.69, 9.17) is 4.74 Å². The van der Waals surface area contributed by atoms with Crippen LogP contribution in [0.4, 0.5) is 17.2 Å². The Labute approximate surface area is 170 Å². The van der Waals surface area contributed by atoms with Crippen LogP contribution in [-0.4, -0.2) is 37.0 Å². The number of fused-ring (bicyclic) bond motifs is 1. The van der Waals surface area contributed by atoms with Crippen LogP contribution in [0.1, 0.15) is 17.3 Å². The van der Waals surface area contributed by atoms with E-state index in [1.54, 1.807) is 37.3 Å². The van der Waals surface area contributed by atoms with E-state index >= 15 is 0 Å². The normalized spacial score (nSPS) is 10.7. The Morgan fingerprint density at radius 2 is 2.00 bits per heavy atom. The molecule has 2 heterocycles. The number of nitrogens with zero attached hydrogens (tertiary/aromatic N) is 5. The minimum Gasteiger partial charge on any atom is -0.462 e. The lowest BCUT2D eigenvalue weighted by Crippen LogP contribution is -2.08. The molecule has 0 radical (unpaired) electrons. The molecule has 150 valence electrons. The number of aromatic nitrogens is 4. The van der Waals surface area contributed by atoms with Crippen molar-refractivity contribution in [3.63, 3.8) is 0 Å². The fraction of sp³-hybridized carbons (Fsp3) is 0.100. The Hall–Kier alpha value is -4.34. The molecule has 0 aliphatic heterocycles. The number of nitrogens with one attached hydrogen (secondary N) is 1. The molecule has 1 N–H and O–H groups in total. The van der Waals surface area contributed by atoms with Gasteiger partial charge in [0.25, 0.3) is 0 Å². The van der Waals surface area contributed by atoms with Gasteiger partial charge in [-0.1, -0.05) is 18.2 Å². The van der Waals surface area contributed by atoms with Crippen LogP contribution >= 0.6 is 0 Å². The Kier molecular flexibility index (Phi) is 5.04. The van der Waals surface area contributed by atoms with Gasteiger partial charge < -0.3 is 10.1 Å². The zero-order valence-corrected chi connectivity index (χ0v) is 15.8. The molecular weight excluding hydrogens is 388 g/mol. The van der Waals surface area contributed by atoms with Crippen LogP contribution in [0.25, 0.3) is 16.9 Å². The number of hydrogen-bond acceptors (Lipinski definition) is 8. The van der Waals surface area contributed by atoms with Crippen LogP contribution in [0, 0.1) is 10.1 Å². The lowest BCUT2D eigenvalue weighted by Gasteiger charge is -2.10. The average molecular weight is 404 g/mol. The molecule has 10 heteroatoms. The van der Waals surface area contributed by atoms with Gasteiger partial charge in [-0.05, 0) is 37.3 Å². The highest BCUT2D eigenvalue weighted by atomic mass is 16.6. The highest BCUT2D eigenvalue weighted by Gasteiger charge is 2.25. The van der Waals surface area contributed by atoms with E-state index in [0.717, 1.165) is 0 Å². The molecule has 10 nitrogen and oxygen atoms in total. The largest absolute Gasteiger partial charge is 0.462 e. The van der Waals surface area contributed by atoms with Crippen LogP contribution in [-0.2, 0) is 4.74 Å². The fourth-order valence-electron chi connectivity index (χ4n) is 3.01. The van der Waals surface area contributed by atoms with Crippen LogP contribution < -0.4 is 5.32 Å². The quantitative estimate of drug-likeness (QED) is 0.293. The SMILES string of the molecule is CCOC(=O)c1cccc(Nc2ncnc(-n3cnc4ccccc43)c2[N+](=O)[O-])c1. The molecule has 30 heavy (non-hydrogen) atoms. The number of hydrogen-bond donors (Lipinski definition) is 1. The topological polar surface area (TPSA) is 125 Å². The van der Waals surface area contributed by atoms with Crippen LogP contribution in [0.15, 0.2) is 61.2 Å². The van der Waals surface area contributed by atoms with Crippen molar-refractivity contribution in [2.45, 2.75) is 6.92 Å². The number of benzene rings is 2. The minimum absolute atomic E-state index is 0.0104. The summed E-state index contributed by atoms with van der Waals surface area (Å²) in [5.41, 5.74) is 1.81. The molecule has 4 aromatic rings. The first kappa shape index (κ1) is 19.0. The van der Waals surface area contributed by atoms with Crippen LogP contribution in [0.2, 0.25) is 0 Å². The first-order valence-corrected chi connectivity index (χ1v) is 9.04. The Morgan fingerprint density at radius 1 is 1.17 bits per heavy atom. The van der Waals surface area contributed by atoms with E-state index < -0.39 is 10.9 Å². The highest BCUT2D eigenvalue weighted by molar-refractivity contribution is 5.91. The molecule has 0 saturated carbocycles. The van der Waals surface area contributed by atoms with E-state index in [1.807, 2.05) is 12.1 Å². The van der Waals surface area contributed by atoms with E-state index in [2.05, 4.69) is 20.3 Å². The Morgan fingerprint density at radius 3 is 2.80 bits per heavy atom. The summed E-state index contributed by atoms with van der Waals surface area (Å²) in [6.07, 6.45) is 2.71. The van der Waals surface area contributed by atoms with Gasteiger partial charge in [0.2, 0.25) is 11.6 Å². The molecule has 2 aromatic carbocycles. The fourth-order valence-corrected chi connectivity index (χ4v) is 3.01. The molecule has 4 rings (SSSR count). The minimum atomic E-state index is -0.554. The van der Waals surface area contributed by atoms with Gasteiger partial charge in [-0.15, -0.1) is 0 Å². The van der Waals surface area contributed by atoms with Crippen molar-refractivity contribution in [1.29, 1.82) is 0 Å². The molecule has 0 spiro atoms. The predicted octanol–water partition coefficient (Wildman–Crippen LogP) is 3.64. The second-order valence-electron chi connectivity index (χ2n) is 6.18. The molecule has 0 aliphatic rings. The summed E-state index contributed by atoms with van der Waals surface area (Å²) in [6, 6.07) is 13.7. The van der Waals surface area contributed by atoms with Crippen LogP contribution in [0.5, 0.6) is 0 Å². The van der Waals surface area contributed by atoms with Crippen molar-refractivity contribution in [2.24, 2.45) is 0 Å². The van der Waals surface area contributed by atoms with Gasteiger partial charge in [-0.3, -0.25) is 14.7 Å². The number of ether oxygens (including phenoxy) is 1. The van der Waals surface area contributed by atoms with E-state index in [9.17, 15) is 14.9 Å². The molecule has 0 unspecified atom stereocenters. The van der Waals surface area contributed by atoms with Crippen molar-refractivity contribution < 1.29 is 14.5 Å². The highest BCUT2D eigenvalue weighted by Crippen LogP contribution is 2.32. The molecule has 0 aliphatic carbocycles. The first-order chi connectivity index (χ1) is 14.6. The number of anilines is 2. The maximum absolute atomic E-state index is 12.0. The molecular formula is C20H16N6O4. The maximum Gasteiger partial charge on any atom is 0.354 e. The van der Waals surface area contributed by atoms with Crippen LogP contribution in [0.3, 0.4) is 0 Å². The van der Waals surface area contributed by atoms with Crippen molar-refractivity contribution in [3.05, 3.63) is 76.9 Å². The number of carbonyl (C=O) groups is 1. The summed E-state index contributed by atoms with van der Waals surface area (Å²) in [5.74, 6) is -0.416. The second-order valence-corrected chi connectivity index (χ2v) is 6.18. The van der Waals surface area contributed by atoms with Gasteiger partial charge in [-0.25, -0.2) is 19.7 Å². The van der Waals surface area contributed by atoms with Gasteiger partial charge in [0.15, 0.2) is 0 Å². The molecule has 0 atom stereocenters. The van der Waals surface area contributed by atoms with Gasteiger partial charge in [0.05, 0.1) is 28.1 Å². The Balaban J connectivity index is 1.77. The summed E-state index contributed by atoms with van der Waals surface area (Å²) < 4.78 is 6.53. The van der Waals surface area contributed by atoms with E-state index in [-0.39, 0.29) is 23.9 Å². The van der Waals surface area contributed by atoms with Crippen molar-refractivity contribution >= 4 is 34.2 Å². The summed E-state index contributed by atoms with van der Waals surface area (Å²) in [5, 5.41) is 14.8. The number of esters is 1. The van der Waals surface area contributed by atoms with E-state index in [1.165, 1.54) is 23.3 Å². The first-order valence-electron chi connectivity index (χ1n) is 9.04. The van der Waals surface area contributed by atoms with Crippen molar-refractivity contribution in [3.8, 4) is 5.82 Å². The third-order valence-electron chi connectivity index (χ3n) is 4.30. The van der Waals surface area contributed by atoms with Gasteiger partial charge >= 0.3 is 11.7 Å². The maximum atomic E-state index is 12.0. The van der Waals surface area contributed by atoms with E-state index in [0.29, 0.717) is 22.3 Å². The lowest BCUT2D eigenvalue weighted by atomic mass is 10.2. The summed E-state index contributed by atoms with van der Waals surface area (Å²) in [6.45, 7) is 1.96. The van der Waals surface area contributed by atoms with Crippen molar-refractivity contribution in [1.82, 2.24) is 19.5 Å². The summed E-state index contributed by atoms with van der Waals surface area (Å²) in [4.78, 5) is 35.7. The zero-order chi connectivity index (χ0) is 21.1. The summed E-state index contributed by atoms with van der Waals surface area (Å²) in [7, 11) is 0. The average Bonchev–Trinajstić information content (AvgIpc) is 3.18. The third-order valence-corrected chi connectivity index (χ3v) is 4.30. The predicted molar refractivity (Wildman–Crippen MR) is 109 cm³/mol. The Bertz CT molecular complexity index is 1250. The van der Waals surface area contributed by atoms with Gasteiger partial charge in [0.1, 0.15) is 12.7 Å². The van der Waals surface area contributed by atoms with Gasteiger partial charge in [0, 0.05) is 5.69 Å². The standard InChI is InChI=1S/C20H16N6O4/c1-2-30-20(27)13-6-5-7-14(10-13)24-18-17(26(28)29)19(22-11-21-18)25-12-23-15-8-3-4-9-16(15)25/h3-12H,2H2,1H3,(H,21,22,24). The van der Waals surface area contributed by atoms with Gasteiger partial charge in [-0.2, -0.15) is 0 Å². The molecule has 0 amide bonds.